The van der Waals surface area contributed by atoms with Crippen molar-refractivity contribution in [3.8, 4) is 5.75 Å². The highest BCUT2D eigenvalue weighted by Gasteiger charge is 2.28. The van der Waals surface area contributed by atoms with Crippen molar-refractivity contribution in [2.24, 2.45) is 0 Å². The minimum absolute atomic E-state index is 0.0299. The molecular weight excluding hydrogens is 430 g/mol. The zero-order valence-corrected chi connectivity index (χ0v) is 20.1. The van der Waals surface area contributed by atoms with E-state index in [1.807, 2.05) is 17.0 Å². The number of piperazine rings is 1. The fourth-order valence-electron chi connectivity index (χ4n) is 4.64. The maximum atomic E-state index is 13.1. The lowest BCUT2D eigenvalue weighted by Gasteiger charge is -2.35. The first-order valence-electron chi connectivity index (χ1n) is 11.7. The van der Waals surface area contributed by atoms with E-state index in [2.05, 4.69) is 30.1 Å². The molecule has 2 heterocycles. The maximum Gasteiger partial charge on any atom is 0.253 e. The van der Waals surface area contributed by atoms with E-state index in [1.54, 1.807) is 37.5 Å². The summed E-state index contributed by atoms with van der Waals surface area (Å²) in [5.74, 6) is 0.599. The molecule has 7 heteroatoms. The summed E-state index contributed by atoms with van der Waals surface area (Å²) >= 11 is 0. The van der Waals surface area contributed by atoms with Crippen LogP contribution in [0.4, 0.5) is 0 Å². The van der Waals surface area contributed by atoms with Crippen molar-refractivity contribution >= 4 is 17.4 Å². The number of aliphatic hydroxyl groups is 1. The second-order valence-electron chi connectivity index (χ2n) is 9.57. The summed E-state index contributed by atoms with van der Waals surface area (Å²) in [6, 6.07) is 12.8. The predicted molar refractivity (Wildman–Crippen MR) is 132 cm³/mol. The normalized spacial score (nSPS) is 18.8. The molecule has 1 fully saturated rings. The number of carbonyl (C=O) groups is 2. The Morgan fingerprint density at radius 1 is 1.06 bits per heavy atom. The number of benzene rings is 2. The van der Waals surface area contributed by atoms with Gasteiger partial charge in [-0.1, -0.05) is 18.2 Å². The number of hydrogen-bond acceptors (Lipinski definition) is 6. The average Bonchev–Trinajstić information content (AvgIpc) is 2.83. The summed E-state index contributed by atoms with van der Waals surface area (Å²) in [6.07, 6.45) is 2.49. The number of nitrogens with one attached hydrogen (secondary N) is 1. The molecule has 0 spiro atoms. The molecule has 2 aliphatic heterocycles. The molecule has 0 aromatic heterocycles. The number of nitrogens with zero attached hydrogens (tertiary/aromatic N) is 2. The third-order valence-electron chi connectivity index (χ3n) is 6.48. The smallest absolute Gasteiger partial charge is 0.253 e. The van der Waals surface area contributed by atoms with Crippen LogP contribution in [-0.4, -0.2) is 78.6 Å². The number of ketones is 1. The lowest BCUT2D eigenvalue weighted by molar-refractivity contribution is 0.0614. The van der Waals surface area contributed by atoms with E-state index >= 15 is 0 Å². The van der Waals surface area contributed by atoms with E-state index in [0.29, 0.717) is 30.8 Å². The second kappa shape index (κ2) is 9.99. The SMILES string of the molecule is COc1ccc2c(c1)/C(=C/C(=O)c1ccc(C(=O)N3CCN(CCO)CC3)cc1)NC(C)(C)C2. The number of aliphatic hydroxyl groups excluding tert-OH is 1. The van der Waals surface area contributed by atoms with Gasteiger partial charge in [-0.2, -0.15) is 0 Å². The van der Waals surface area contributed by atoms with Gasteiger partial charge in [0.25, 0.3) is 5.91 Å². The molecule has 4 rings (SSSR count). The van der Waals surface area contributed by atoms with Gasteiger partial charge in [0.2, 0.25) is 0 Å². The Labute approximate surface area is 201 Å². The van der Waals surface area contributed by atoms with Crippen LogP contribution < -0.4 is 10.1 Å². The molecule has 34 heavy (non-hydrogen) atoms. The van der Waals surface area contributed by atoms with Crippen LogP contribution >= 0.6 is 0 Å². The van der Waals surface area contributed by atoms with Gasteiger partial charge in [-0.25, -0.2) is 0 Å². The topological polar surface area (TPSA) is 82.1 Å². The van der Waals surface area contributed by atoms with Crippen LogP contribution in [0.5, 0.6) is 5.75 Å². The summed E-state index contributed by atoms with van der Waals surface area (Å²) in [5.41, 5.74) is 3.85. The summed E-state index contributed by atoms with van der Waals surface area (Å²) in [5, 5.41) is 12.6. The Bertz CT molecular complexity index is 1080. The first-order chi connectivity index (χ1) is 16.3. The van der Waals surface area contributed by atoms with Crippen LogP contribution in [0, 0.1) is 0 Å². The number of rotatable bonds is 6. The van der Waals surface area contributed by atoms with E-state index in [0.717, 1.165) is 36.5 Å². The monoisotopic (exact) mass is 463 g/mol. The Hall–Kier alpha value is -3.16. The second-order valence-corrected chi connectivity index (χ2v) is 9.57. The van der Waals surface area contributed by atoms with Gasteiger partial charge < -0.3 is 20.1 Å². The molecule has 0 aliphatic carbocycles. The van der Waals surface area contributed by atoms with Crippen molar-refractivity contribution in [3.63, 3.8) is 0 Å². The van der Waals surface area contributed by atoms with Crippen LogP contribution in [0.3, 0.4) is 0 Å². The minimum atomic E-state index is -0.175. The van der Waals surface area contributed by atoms with E-state index in [-0.39, 0.29) is 23.8 Å². The third-order valence-corrected chi connectivity index (χ3v) is 6.48. The fourth-order valence-corrected chi connectivity index (χ4v) is 4.64. The average molecular weight is 464 g/mol. The largest absolute Gasteiger partial charge is 0.497 e. The van der Waals surface area contributed by atoms with Crippen molar-refractivity contribution in [1.29, 1.82) is 0 Å². The Morgan fingerprint density at radius 3 is 2.38 bits per heavy atom. The molecule has 2 aromatic carbocycles. The summed E-state index contributed by atoms with van der Waals surface area (Å²) in [6.45, 7) is 7.78. The maximum absolute atomic E-state index is 13.1. The number of ether oxygens (including phenoxy) is 1. The summed E-state index contributed by atoms with van der Waals surface area (Å²) in [7, 11) is 1.63. The highest BCUT2D eigenvalue weighted by molar-refractivity contribution is 6.09. The predicted octanol–water partition coefficient (Wildman–Crippen LogP) is 2.59. The number of fused-ring (bicyclic) bond motifs is 1. The van der Waals surface area contributed by atoms with Gasteiger partial charge in [0.05, 0.1) is 13.7 Å². The van der Waals surface area contributed by atoms with Crippen molar-refractivity contribution in [1.82, 2.24) is 15.1 Å². The Morgan fingerprint density at radius 2 is 1.74 bits per heavy atom. The Balaban J connectivity index is 1.49. The van der Waals surface area contributed by atoms with Crippen molar-refractivity contribution < 1.29 is 19.4 Å². The van der Waals surface area contributed by atoms with Crippen LogP contribution in [0.15, 0.2) is 48.5 Å². The minimum Gasteiger partial charge on any atom is -0.497 e. The summed E-state index contributed by atoms with van der Waals surface area (Å²) in [4.78, 5) is 29.9. The van der Waals surface area contributed by atoms with Gasteiger partial charge in [0, 0.05) is 66.7 Å². The van der Waals surface area contributed by atoms with Crippen molar-refractivity contribution in [2.75, 3.05) is 46.4 Å². The first-order valence-corrected chi connectivity index (χ1v) is 11.7. The number of allylic oxidation sites excluding steroid dienone is 1. The number of methoxy groups -OCH3 is 1. The van der Waals surface area contributed by atoms with Crippen LogP contribution in [0.1, 0.15) is 45.7 Å². The Kier molecular flexibility index (Phi) is 7.05. The number of β-amino-alcohol motifs (C(OH)–C–C–N with tert-alkyl or cyclic N) is 1. The molecule has 2 aromatic rings. The zero-order chi connectivity index (χ0) is 24.3. The van der Waals surface area contributed by atoms with Crippen molar-refractivity contribution in [2.45, 2.75) is 25.8 Å². The quantitative estimate of drug-likeness (QED) is 0.506. The first kappa shape index (κ1) is 24.0. The zero-order valence-electron chi connectivity index (χ0n) is 20.1. The molecule has 0 radical (unpaired) electrons. The van der Waals surface area contributed by atoms with Crippen LogP contribution in [0.25, 0.3) is 5.70 Å². The van der Waals surface area contributed by atoms with Gasteiger partial charge >= 0.3 is 0 Å². The van der Waals surface area contributed by atoms with Gasteiger partial charge in [0.1, 0.15) is 5.75 Å². The molecule has 2 aliphatic rings. The molecule has 0 bridgehead atoms. The standard InChI is InChI=1S/C27H33N3O4/c1-27(2)18-21-8-9-22(34-3)16-23(21)24(28-27)17-25(32)19-4-6-20(7-5-19)26(33)30-12-10-29(11-13-30)14-15-31/h4-9,16-17,28,31H,10-15,18H2,1-3H3/b24-17-. The van der Waals surface area contributed by atoms with Crippen molar-refractivity contribution in [3.05, 3.63) is 70.8 Å². The molecule has 7 nitrogen and oxygen atoms in total. The molecule has 0 atom stereocenters. The molecule has 1 saturated heterocycles. The number of carbonyl (C=O) groups excluding carboxylic acids is 2. The third kappa shape index (κ3) is 5.32. The number of amides is 1. The molecule has 0 unspecified atom stereocenters. The molecule has 0 saturated carbocycles. The van der Waals surface area contributed by atoms with Gasteiger partial charge in [-0.05, 0) is 50.1 Å². The molecule has 1 amide bonds. The molecular formula is C27H33N3O4. The van der Waals surface area contributed by atoms with Gasteiger partial charge in [-0.3, -0.25) is 14.5 Å². The van der Waals surface area contributed by atoms with Crippen LogP contribution in [0.2, 0.25) is 0 Å². The lowest BCUT2D eigenvalue weighted by Crippen LogP contribution is -2.49. The lowest BCUT2D eigenvalue weighted by atomic mass is 9.85. The van der Waals surface area contributed by atoms with Crippen LogP contribution in [-0.2, 0) is 6.42 Å². The van der Waals surface area contributed by atoms with Gasteiger partial charge in [-0.15, -0.1) is 0 Å². The highest BCUT2D eigenvalue weighted by atomic mass is 16.5. The number of hydrogen-bond donors (Lipinski definition) is 2. The highest BCUT2D eigenvalue weighted by Crippen LogP contribution is 2.32. The molecule has 2 N–H and O–H groups in total. The fraction of sp³-hybridized carbons (Fsp3) is 0.407. The van der Waals surface area contributed by atoms with E-state index in [4.69, 9.17) is 9.84 Å². The molecule has 180 valence electrons. The van der Waals surface area contributed by atoms with E-state index in [9.17, 15) is 9.59 Å². The summed E-state index contributed by atoms with van der Waals surface area (Å²) < 4.78 is 5.38. The van der Waals surface area contributed by atoms with E-state index < -0.39 is 0 Å². The van der Waals surface area contributed by atoms with E-state index in [1.165, 1.54) is 5.56 Å². The van der Waals surface area contributed by atoms with Gasteiger partial charge in [0.15, 0.2) is 5.78 Å².